The van der Waals surface area contributed by atoms with Crippen LogP contribution in [0.1, 0.15) is 82.5 Å². The minimum atomic E-state index is -0.767. The summed E-state index contributed by atoms with van der Waals surface area (Å²) in [6, 6.07) is 51.5. The molecule has 5 aromatic carbocycles. The summed E-state index contributed by atoms with van der Waals surface area (Å²) < 4.78 is 2.23. The van der Waals surface area contributed by atoms with Gasteiger partial charge in [-0.05, 0) is 65.8 Å². The van der Waals surface area contributed by atoms with Gasteiger partial charge in [0.05, 0.1) is 23.7 Å². The van der Waals surface area contributed by atoms with E-state index in [1.54, 1.807) is 0 Å². The molecular weight excluding hydrogens is 667 g/mol. The number of fused-ring (bicyclic) bond motifs is 3. The number of benzene rings is 5. The summed E-state index contributed by atoms with van der Waals surface area (Å²) >= 11 is 0. The monoisotopic (exact) mass is 711 g/mol. The van der Waals surface area contributed by atoms with Gasteiger partial charge < -0.3 is 15.5 Å². The van der Waals surface area contributed by atoms with Crippen molar-refractivity contribution in [2.24, 2.45) is 11.8 Å². The molecule has 1 saturated carbocycles. The second-order valence-electron chi connectivity index (χ2n) is 15.0. The van der Waals surface area contributed by atoms with Gasteiger partial charge in [0.25, 0.3) is 5.91 Å². The van der Waals surface area contributed by atoms with Gasteiger partial charge in [-0.3, -0.25) is 9.59 Å². The Morgan fingerprint density at radius 2 is 1.24 bits per heavy atom. The number of hydrogen-bond donors (Lipinski definition) is 2. The lowest BCUT2D eigenvalue weighted by Gasteiger charge is -2.44. The Kier molecular flexibility index (Phi) is 9.07. The van der Waals surface area contributed by atoms with Crippen molar-refractivity contribution in [3.05, 3.63) is 191 Å². The van der Waals surface area contributed by atoms with E-state index in [0.29, 0.717) is 12.1 Å². The quantitative estimate of drug-likeness (QED) is 0.155. The third-order valence-electron chi connectivity index (χ3n) is 12.1. The van der Waals surface area contributed by atoms with Crippen molar-refractivity contribution < 1.29 is 9.59 Å². The highest BCUT2D eigenvalue weighted by molar-refractivity contribution is 5.95. The third kappa shape index (κ3) is 5.79. The van der Waals surface area contributed by atoms with Crippen molar-refractivity contribution in [2.75, 3.05) is 11.9 Å². The smallest absolute Gasteiger partial charge is 0.251 e. The van der Waals surface area contributed by atoms with Crippen LogP contribution in [0.5, 0.6) is 0 Å². The first-order valence-electron chi connectivity index (χ1n) is 19.4. The molecule has 3 heterocycles. The van der Waals surface area contributed by atoms with E-state index in [9.17, 15) is 9.59 Å². The van der Waals surface area contributed by atoms with Crippen LogP contribution >= 0.6 is 0 Å². The molecule has 0 spiro atoms. The third-order valence-corrected chi connectivity index (χ3v) is 12.1. The van der Waals surface area contributed by atoms with Crippen molar-refractivity contribution in [1.82, 2.24) is 20.0 Å². The Morgan fingerprint density at radius 3 is 1.89 bits per heavy atom. The molecule has 0 bridgehead atoms. The molecule has 5 atom stereocenters. The number of anilines is 1. The van der Waals surface area contributed by atoms with E-state index in [2.05, 4.69) is 142 Å². The molecule has 2 amide bonds. The van der Waals surface area contributed by atoms with Gasteiger partial charge in [-0.15, -0.1) is 0 Å². The van der Waals surface area contributed by atoms with Gasteiger partial charge in [0, 0.05) is 36.0 Å². The molecule has 2 aliphatic heterocycles. The second kappa shape index (κ2) is 14.5. The maximum absolute atomic E-state index is 14.9. The molecule has 1 aliphatic carbocycles. The van der Waals surface area contributed by atoms with Crippen molar-refractivity contribution in [3.63, 3.8) is 0 Å². The number of likely N-dealkylation sites (tertiary alicyclic amines) is 1. The number of nitrogens with one attached hydrogen (secondary N) is 2. The zero-order chi connectivity index (χ0) is 36.5. The van der Waals surface area contributed by atoms with E-state index in [-0.39, 0.29) is 41.8 Å². The van der Waals surface area contributed by atoms with E-state index in [4.69, 9.17) is 5.10 Å². The van der Waals surface area contributed by atoms with Gasteiger partial charge in [0.15, 0.2) is 0 Å². The maximum atomic E-state index is 14.9. The van der Waals surface area contributed by atoms with Gasteiger partial charge in [0.2, 0.25) is 5.91 Å². The van der Waals surface area contributed by atoms with Crippen LogP contribution in [0.4, 0.5) is 5.69 Å². The highest BCUT2D eigenvalue weighted by Gasteiger charge is 2.51. The molecule has 7 nitrogen and oxygen atoms in total. The number of hydrogen-bond acceptors (Lipinski definition) is 4. The molecular formula is C47H45N5O2. The molecule has 3 aliphatic rings. The first-order chi connectivity index (χ1) is 26.6. The number of para-hydroxylation sites is 1. The summed E-state index contributed by atoms with van der Waals surface area (Å²) in [5.41, 5.74) is 6.46. The van der Waals surface area contributed by atoms with Crippen molar-refractivity contribution in [2.45, 2.75) is 55.8 Å². The Hall–Kier alpha value is -5.95. The first kappa shape index (κ1) is 33.9. The Labute approximate surface area is 317 Å². The zero-order valence-corrected chi connectivity index (χ0v) is 30.3. The topological polar surface area (TPSA) is 79.3 Å². The molecule has 1 aromatic heterocycles. The van der Waals surface area contributed by atoms with Crippen molar-refractivity contribution in [1.29, 1.82) is 0 Å². The average Bonchev–Trinajstić information content (AvgIpc) is 3.92. The van der Waals surface area contributed by atoms with Crippen LogP contribution in [0, 0.1) is 11.8 Å². The lowest BCUT2D eigenvalue weighted by Crippen LogP contribution is -2.50. The van der Waals surface area contributed by atoms with Gasteiger partial charge in [-0.1, -0.05) is 140 Å². The summed E-state index contributed by atoms with van der Waals surface area (Å²) in [4.78, 5) is 30.4. The fraction of sp³-hybridized carbons (Fsp3) is 0.255. The molecule has 6 aromatic rings. The predicted molar refractivity (Wildman–Crippen MR) is 212 cm³/mol. The highest BCUT2D eigenvalue weighted by atomic mass is 16.2. The molecule has 2 N–H and O–H groups in total. The van der Waals surface area contributed by atoms with E-state index < -0.39 is 5.54 Å². The van der Waals surface area contributed by atoms with Gasteiger partial charge in [0.1, 0.15) is 5.54 Å². The molecule has 0 unspecified atom stereocenters. The van der Waals surface area contributed by atoms with Crippen LogP contribution in [-0.4, -0.2) is 39.1 Å². The van der Waals surface area contributed by atoms with Crippen molar-refractivity contribution in [3.8, 4) is 0 Å². The number of amides is 2. The lowest BCUT2D eigenvalue weighted by molar-refractivity contribution is -0.138. The predicted octanol–water partition coefficient (Wildman–Crippen LogP) is 8.77. The van der Waals surface area contributed by atoms with E-state index in [1.807, 2.05) is 36.5 Å². The highest BCUT2D eigenvalue weighted by Crippen LogP contribution is 2.53. The molecule has 9 rings (SSSR count). The fourth-order valence-corrected chi connectivity index (χ4v) is 9.65. The summed E-state index contributed by atoms with van der Waals surface area (Å²) in [5.74, 6) is -0.131. The minimum absolute atomic E-state index is 0.0975. The second-order valence-corrected chi connectivity index (χ2v) is 15.0. The van der Waals surface area contributed by atoms with Gasteiger partial charge >= 0.3 is 0 Å². The standard InChI is InChI=1S/C47H45N5O2/c53-45(33-17-5-1-6-18-33)50-41-28-16-14-26-38(41)46(54)51-32-30-39-43(49-40-27-15-13-25-37(40)44(39)51)42-29-31-48-52(42)47(34-19-7-2-8-20-34,35-21-9-3-10-22-35)36-23-11-4-12-24-36/h1-13,15,17-25,27,29,31,38-39,41,43-44,49H,14,16,26,28,30,32H2,(H,50,53)/t38-,39-,41+,43-,44+/m0/s1. The molecule has 0 radical (unpaired) electrons. The van der Waals surface area contributed by atoms with E-state index in [1.165, 1.54) is 0 Å². The number of carbonyl (C=O) groups is 2. The molecule has 54 heavy (non-hydrogen) atoms. The molecule has 270 valence electrons. The lowest BCUT2D eigenvalue weighted by atomic mass is 9.76. The average molecular weight is 712 g/mol. The number of nitrogens with zero attached hydrogens (tertiary/aromatic N) is 3. The number of rotatable bonds is 8. The normalized spacial score (nSPS) is 22.1. The van der Waals surface area contributed by atoms with Crippen LogP contribution in [0.15, 0.2) is 158 Å². The van der Waals surface area contributed by atoms with Crippen LogP contribution in [0.2, 0.25) is 0 Å². The van der Waals surface area contributed by atoms with Crippen LogP contribution in [-0.2, 0) is 10.3 Å². The fourth-order valence-electron chi connectivity index (χ4n) is 9.65. The number of aromatic nitrogens is 2. The molecule has 2 fully saturated rings. The summed E-state index contributed by atoms with van der Waals surface area (Å²) in [7, 11) is 0. The number of carbonyl (C=O) groups excluding carboxylic acids is 2. The summed E-state index contributed by atoms with van der Waals surface area (Å²) in [6.07, 6.45) is 6.33. The van der Waals surface area contributed by atoms with Crippen LogP contribution < -0.4 is 10.6 Å². The van der Waals surface area contributed by atoms with Crippen LogP contribution in [0.25, 0.3) is 0 Å². The summed E-state index contributed by atoms with van der Waals surface area (Å²) in [5, 5.41) is 12.5. The zero-order valence-electron chi connectivity index (χ0n) is 30.3. The van der Waals surface area contributed by atoms with Crippen molar-refractivity contribution >= 4 is 17.5 Å². The largest absolute Gasteiger partial charge is 0.376 e. The van der Waals surface area contributed by atoms with Gasteiger partial charge in [-0.2, -0.15) is 5.10 Å². The molecule has 1 saturated heterocycles. The first-order valence-corrected chi connectivity index (χ1v) is 19.4. The van der Waals surface area contributed by atoms with Crippen LogP contribution in [0.3, 0.4) is 0 Å². The van der Waals surface area contributed by atoms with Gasteiger partial charge in [-0.25, -0.2) is 4.68 Å². The Balaban J connectivity index is 1.12. The molecule has 7 heteroatoms. The Morgan fingerprint density at radius 1 is 0.667 bits per heavy atom. The SMILES string of the molecule is O=C(N[C@@H]1CCCC[C@@H]1C(=O)N1CC[C@H]2[C@@H](c3ccnn3C(c3ccccc3)(c3ccccc3)c3ccccc3)Nc3ccccc3[C@H]21)c1ccccc1. The van der Waals surface area contributed by atoms with E-state index in [0.717, 1.165) is 65.7 Å². The maximum Gasteiger partial charge on any atom is 0.251 e. The van der Waals surface area contributed by atoms with E-state index >= 15 is 0 Å². The summed E-state index contributed by atoms with van der Waals surface area (Å²) in [6.45, 7) is 0.659. The minimum Gasteiger partial charge on any atom is -0.376 e. The Bertz CT molecular complexity index is 2130.